The summed E-state index contributed by atoms with van der Waals surface area (Å²) in [5.74, 6) is -0.674. The SMILES string of the molecule is O=C(Nc1ccccc1C(=O)Nc1ccccc1)c1ccccc1Cl. The van der Waals surface area contributed by atoms with Gasteiger partial charge in [0.1, 0.15) is 0 Å². The number of benzene rings is 3. The van der Waals surface area contributed by atoms with Crippen molar-refractivity contribution in [3.63, 3.8) is 0 Å². The summed E-state index contributed by atoms with van der Waals surface area (Å²) < 4.78 is 0. The number of carbonyl (C=O) groups is 2. The summed E-state index contributed by atoms with van der Waals surface area (Å²) >= 11 is 6.05. The van der Waals surface area contributed by atoms with E-state index in [0.29, 0.717) is 27.5 Å². The molecule has 0 aliphatic heterocycles. The van der Waals surface area contributed by atoms with Gasteiger partial charge in [0, 0.05) is 5.69 Å². The molecule has 3 rings (SSSR count). The molecule has 3 aromatic carbocycles. The van der Waals surface area contributed by atoms with Gasteiger partial charge < -0.3 is 10.6 Å². The van der Waals surface area contributed by atoms with Crippen molar-refractivity contribution in [2.45, 2.75) is 0 Å². The lowest BCUT2D eigenvalue weighted by Gasteiger charge is -2.12. The van der Waals surface area contributed by atoms with Crippen LogP contribution in [-0.2, 0) is 0 Å². The summed E-state index contributed by atoms with van der Waals surface area (Å²) in [4.78, 5) is 25.0. The van der Waals surface area contributed by atoms with E-state index in [1.54, 1.807) is 60.7 Å². The average molecular weight is 351 g/mol. The Morgan fingerprint density at radius 3 is 1.92 bits per heavy atom. The molecule has 0 fully saturated rings. The fraction of sp³-hybridized carbons (Fsp3) is 0. The molecule has 124 valence electrons. The molecule has 4 nitrogen and oxygen atoms in total. The third-order valence-electron chi connectivity index (χ3n) is 3.57. The molecule has 0 atom stereocenters. The molecule has 3 aromatic rings. The molecule has 2 N–H and O–H groups in total. The number of carbonyl (C=O) groups excluding carboxylic acids is 2. The highest BCUT2D eigenvalue weighted by molar-refractivity contribution is 6.34. The number of amides is 2. The third-order valence-corrected chi connectivity index (χ3v) is 3.90. The largest absolute Gasteiger partial charge is 0.322 e. The van der Waals surface area contributed by atoms with Gasteiger partial charge in [-0.2, -0.15) is 0 Å². The second-order valence-electron chi connectivity index (χ2n) is 5.30. The van der Waals surface area contributed by atoms with E-state index in [9.17, 15) is 9.59 Å². The minimum absolute atomic E-state index is 0.304. The molecule has 0 saturated heterocycles. The summed E-state index contributed by atoms with van der Waals surface area (Å²) in [7, 11) is 0. The third kappa shape index (κ3) is 4.05. The number of anilines is 2. The number of nitrogens with one attached hydrogen (secondary N) is 2. The van der Waals surface area contributed by atoms with Gasteiger partial charge in [-0.1, -0.05) is 54.1 Å². The molecule has 0 heterocycles. The molecule has 5 heteroatoms. The Labute approximate surface area is 150 Å². The number of para-hydroxylation sites is 2. The van der Waals surface area contributed by atoms with Gasteiger partial charge in [0.25, 0.3) is 11.8 Å². The first-order chi connectivity index (χ1) is 12.1. The van der Waals surface area contributed by atoms with Crippen molar-refractivity contribution < 1.29 is 9.59 Å². The molecule has 0 unspecified atom stereocenters. The molecular formula is C20H15ClN2O2. The van der Waals surface area contributed by atoms with Crippen molar-refractivity contribution in [3.05, 3.63) is 95.0 Å². The van der Waals surface area contributed by atoms with Gasteiger partial charge in [-0.3, -0.25) is 9.59 Å². The van der Waals surface area contributed by atoms with Gasteiger partial charge in [0.05, 0.1) is 21.8 Å². The molecule has 0 radical (unpaired) electrons. The molecule has 25 heavy (non-hydrogen) atoms. The number of rotatable bonds is 4. The summed E-state index contributed by atoms with van der Waals surface area (Å²) in [5.41, 5.74) is 1.81. The van der Waals surface area contributed by atoms with Crippen LogP contribution in [0.3, 0.4) is 0 Å². The first kappa shape index (κ1) is 16.7. The van der Waals surface area contributed by atoms with Crippen LogP contribution >= 0.6 is 11.6 Å². The van der Waals surface area contributed by atoms with Crippen LogP contribution in [-0.4, -0.2) is 11.8 Å². The Kier molecular flexibility index (Phi) is 5.11. The molecule has 0 saturated carbocycles. The van der Waals surface area contributed by atoms with Crippen molar-refractivity contribution in [1.29, 1.82) is 0 Å². The normalized spacial score (nSPS) is 10.1. The van der Waals surface area contributed by atoms with Gasteiger partial charge in [0.2, 0.25) is 0 Å². The van der Waals surface area contributed by atoms with E-state index in [2.05, 4.69) is 10.6 Å². The molecule has 0 bridgehead atoms. The minimum Gasteiger partial charge on any atom is -0.322 e. The summed E-state index contributed by atoms with van der Waals surface area (Å²) in [6.45, 7) is 0. The van der Waals surface area contributed by atoms with Crippen LogP contribution in [0, 0.1) is 0 Å². The van der Waals surface area contributed by atoms with Crippen LogP contribution in [0.25, 0.3) is 0 Å². The average Bonchev–Trinajstić information content (AvgIpc) is 2.63. The Bertz CT molecular complexity index is 910. The van der Waals surface area contributed by atoms with Crippen molar-refractivity contribution in [2.75, 3.05) is 10.6 Å². The molecular weight excluding hydrogens is 336 g/mol. The second kappa shape index (κ2) is 7.64. The highest BCUT2D eigenvalue weighted by atomic mass is 35.5. The van der Waals surface area contributed by atoms with E-state index < -0.39 is 0 Å². The Morgan fingerprint density at radius 2 is 1.20 bits per heavy atom. The van der Waals surface area contributed by atoms with Crippen molar-refractivity contribution in [3.8, 4) is 0 Å². The molecule has 0 aliphatic carbocycles. The van der Waals surface area contributed by atoms with E-state index in [1.807, 2.05) is 18.2 Å². The van der Waals surface area contributed by atoms with Crippen LogP contribution in [0.15, 0.2) is 78.9 Å². The summed E-state index contributed by atoms with van der Waals surface area (Å²) in [6.07, 6.45) is 0. The van der Waals surface area contributed by atoms with E-state index in [1.165, 1.54) is 0 Å². The molecule has 0 aliphatic rings. The predicted molar refractivity (Wildman–Crippen MR) is 100 cm³/mol. The van der Waals surface area contributed by atoms with Gasteiger partial charge in [-0.05, 0) is 36.4 Å². The second-order valence-corrected chi connectivity index (χ2v) is 5.71. The van der Waals surface area contributed by atoms with E-state index >= 15 is 0 Å². The lowest BCUT2D eigenvalue weighted by molar-refractivity contribution is 0.102. The highest BCUT2D eigenvalue weighted by Gasteiger charge is 2.15. The van der Waals surface area contributed by atoms with Crippen LogP contribution in [0.2, 0.25) is 5.02 Å². The topological polar surface area (TPSA) is 58.2 Å². The quantitative estimate of drug-likeness (QED) is 0.707. The van der Waals surface area contributed by atoms with E-state index in [-0.39, 0.29) is 11.8 Å². The lowest BCUT2D eigenvalue weighted by atomic mass is 10.1. The van der Waals surface area contributed by atoms with Crippen LogP contribution in [0.5, 0.6) is 0 Å². The first-order valence-corrected chi connectivity index (χ1v) is 8.04. The Morgan fingerprint density at radius 1 is 0.640 bits per heavy atom. The Hall–Kier alpha value is -3.11. The fourth-order valence-corrected chi connectivity index (χ4v) is 2.57. The first-order valence-electron chi connectivity index (χ1n) is 7.66. The van der Waals surface area contributed by atoms with Gasteiger partial charge in [0.15, 0.2) is 0 Å². The Balaban J connectivity index is 1.82. The monoisotopic (exact) mass is 350 g/mol. The van der Waals surface area contributed by atoms with Crippen molar-refractivity contribution in [1.82, 2.24) is 0 Å². The van der Waals surface area contributed by atoms with E-state index in [4.69, 9.17) is 11.6 Å². The van der Waals surface area contributed by atoms with Crippen LogP contribution in [0.1, 0.15) is 20.7 Å². The molecule has 0 spiro atoms. The maximum Gasteiger partial charge on any atom is 0.257 e. The number of hydrogen-bond donors (Lipinski definition) is 2. The zero-order chi connectivity index (χ0) is 17.6. The maximum absolute atomic E-state index is 12.5. The predicted octanol–water partition coefficient (Wildman–Crippen LogP) is 4.84. The van der Waals surface area contributed by atoms with E-state index in [0.717, 1.165) is 0 Å². The highest BCUT2D eigenvalue weighted by Crippen LogP contribution is 2.21. The summed E-state index contributed by atoms with van der Waals surface area (Å²) in [6, 6.07) is 22.7. The van der Waals surface area contributed by atoms with Crippen molar-refractivity contribution >= 4 is 34.8 Å². The van der Waals surface area contributed by atoms with Gasteiger partial charge in [-0.15, -0.1) is 0 Å². The lowest BCUT2D eigenvalue weighted by Crippen LogP contribution is -2.18. The van der Waals surface area contributed by atoms with Gasteiger partial charge in [-0.25, -0.2) is 0 Å². The zero-order valence-electron chi connectivity index (χ0n) is 13.2. The molecule has 2 amide bonds. The van der Waals surface area contributed by atoms with Crippen LogP contribution < -0.4 is 10.6 Å². The smallest absolute Gasteiger partial charge is 0.257 e. The van der Waals surface area contributed by atoms with Crippen molar-refractivity contribution in [2.24, 2.45) is 0 Å². The van der Waals surface area contributed by atoms with Gasteiger partial charge >= 0.3 is 0 Å². The maximum atomic E-state index is 12.5. The summed E-state index contributed by atoms with van der Waals surface area (Å²) in [5, 5.41) is 5.91. The fourth-order valence-electron chi connectivity index (χ4n) is 2.35. The standard InChI is InChI=1S/C20H15ClN2O2/c21-17-12-6-4-10-15(17)19(24)23-18-13-7-5-11-16(18)20(25)22-14-8-2-1-3-9-14/h1-13H,(H,22,25)(H,23,24). The van der Waals surface area contributed by atoms with Crippen LogP contribution in [0.4, 0.5) is 11.4 Å². The minimum atomic E-state index is -0.370. The number of hydrogen-bond acceptors (Lipinski definition) is 2. The number of halogens is 1. The molecule has 0 aromatic heterocycles. The zero-order valence-corrected chi connectivity index (χ0v) is 14.0.